The Morgan fingerprint density at radius 3 is 2.33 bits per heavy atom. The van der Waals surface area contributed by atoms with E-state index in [2.05, 4.69) is 5.43 Å². The topological polar surface area (TPSA) is 32.3 Å². The van der Waals surface area contributed by atoms with Crippen LogP contribution in [0.15, 0.2) is 24.3 Å². The molecule has 0 saturated carbocycles. The molecule has 0 aliphatic carbocycles. The van der Waals surface area contributed by atoms with Gasteiger partial charge in [-0.15, -0.1) is 0 Å². The predicted octanol–water partition coefficient (Wildman–Crippen LogP) is 4.15. The standard InChI is InChI=1S/C18H25F3N2O/c1-13-8-10-14(11-9-13)6-4-5-7-15(18(19,20)21)23-17(2,3)12-16(24)22-23/h8-11,15H,4-7,12H2,1-3H3,(H,22,24). The van der Waals surface area contributed by atoms with E-state index >= 15 is 0 Å². The average molecular weight is 342 g/mol. The SMILES string of the molecule is Cc1ccc(CCCCC(N2NC(=O)CC2(C)C)C(F)(F)F)cc1. The third kappa shape index (κ3) is 4.72. The van der Waals surface area contributed by atoms with Crippen LogP contribution in [-0.4, -0.2) is 28.7 Å². The molecular weight excluding hydrogens is 317 g/mol. The Labute approximate surface area is 141 Å². The van der Waals surface area contributed by atoms with E-state index < -0.39 is 17.8 Å². The summed E-state index contributed by atoms with van der Waals surface area (Å²) >= 11 is 0. The highest BCUT2D eigenvalue weighted by Gasteiger charge is 2.51. The number of amides is 1. The highest BCUT2D eigenvalue weighted by Crippen LogP contribution is 2.35. The van der Waals surface area contributed by atoms with Gasteiger partial charge in [0.25, 0.3) is 0 Å². The van der Waals surface area contributed by atoms with Crippen molar-refractivity contribution in [2.24, 2.45) is 0 Å². The summed E-state index contributed by atoms with van der Waals surface area (Å²) in [4.78, 5) is 11.5. The van der Waals surface area contributed by atoms with E-state index in [1.165, 1.54) is 5.56 Å². The van der Waals surface area contributed by atoms with Gasteiger partial charge in [-0.25, -0.2) is 5.01 Å². The molecule has 1 heterocycles. The maximum atomic E-state index is 13.4. The van der Waals surface area contributed by atoms with Gasteiger partial charge in [-0.1, -0.05) is 36.2 Å². The highest BCUT2D eigenvalue weighted by atomic mass is 19.4. The Bertz CT molecular complexity index is 567. The van der Waals surface area contributed by atoms with Crippen molar-refractivity contribution >= 4 is 5.91 Å². The Hall–Kier alpha value is -1.56. The van der Waals surface area contributed by atoms with Crippen molar-refractivity contribution in [3.8, 4) is 0 Å². The molecular formula is C18H25F3N2O. The minimum Gasteiger partial charge on any atom is -0.288 e. The quantitative estimate of drug-likeness (QED) is 0.788. The summed E-state index contributed by atoms with van der Waals surface area (Å²) in [5.41, 5.74) is 3.87. The van der Waals surface area contributed by atoms with Crippen LogP contribution in [0, 0.1) is 6.92 Å². The van der Waals surface area contributed by atoms with Gasteiger partial charge in [0.2, 0.25) is 5.91 Å². The van der Waals surface area contributed by atoms with Crippen LogP contribution >= 0.6 is 0 Å². The summed E-state index contributed by atoms with van der Waals surface area (Å²) in [7, 11) is 0. The molecule has 1 atom stereocenters. The average Bonchev–Trinajstić information content (AvgIpc) is 2.72. The molecule has 1 amide bonds. The number of carbonyl (C=O) groups is 1. The van der Waals surface area contributed by atoms with E-state index in [0.29, 0.717) is 12.8 Å². The van der Waals surface area contributed by atoms with E-state index in [0.717, 1.165) is 17.0 Å². The fourth-order valence-corrected chi connectivity index (χ4v) is 3.16. The Morgan fingerprint density at radius 2 is 1.83 bits per heavy atom. The van der Waals surface area contributed by atoms with Crippen molar-refractivity contribution < 1.29 is 18.0 Å². The molecule has 1 fully saturated rings. The van der Waals surface area contributed by atoms with Crippen molar-refractivity contribution in [3.05, 3.63) is 35.4 Å². The molecule has 1 N–H and O–H groups in total. The number of alkyl halides is 3. The second-order valence-electron chi connectivity index (χ2n) is 7.18. The number of carbonyl (C=O) groups excluding carboxylic acids is 1. The first-order valence-electron chi connectivity index (χ1n) is 8.31. The van der Waals surface area contributed by atoms with Crippen LogP contribution in [0.25, 0.3) is 0 Å². The third-order valence-corrected chi connectivity index (χ3v) is 4.49. The summed E-state index contributed by atoms with van der Waals surface area (Å²) in [6.45, 7) is 5.33. The van der Waals surface area contributed by atoms with E-state index in [1.54, 1.807) is 13.8 Å². The molecule has 3 nitrogen and oxygen atoms in total. The second kappa shape index (κ2) is 7.13. The van der Waals surface area contributed by atoms with Gasteiger partial charge >= 0.3 is 6.18 Å². The summed E-state index contributed by atoms with van der Waals surface area (Å²) in [5, 5.41) is 1.10. The Morgan fingerprint density at radius 1 is 1.21 bits per heavy atom. The summed E-state index contributed by atoms with van der Waals surface area (Å²) in [5.74, 6) is -0.353. The molecule has 1 unspecified atom stereocenters. The van der Waals surface area contributed by atoms with E-state index in [9.17, 15) is 18.0 Å². The zero-order chi connectivity index (χ0) is 18.0. The number of halogens is 3. The van der Waals surface area contributed by atoms with Gasteiger partial charge in [-0.2, -0.15) is 13.2 Å². The van der Waals surface area contributed by atoms with Gasteiger partial charge in [0, 0.05) is 12.0 Å². The minimum atomic E-state index is -4.36. The summed E-state index contributed by atoms with van der Waals surface area (Å²) < 4.78 is 40.3. The smallest absolute Gasteiger partial charge is 0.288 e. The largest absolute Gasteiger partial charge is 0.405 e. The molecule has 2 rings (SSSR count). The maximum Gasteiger partial charge on any atom is 0.405 e. The van der Waals surface area contributed by atoms with Gasteiger partial charge in [-0.05, 0) is 45.6 Å². The van der Waals surface area contributed by atoms with Crippen LogP contribution in [0.4, 0.5) is 13.2 Å². The molecule has 0 spiro atoms. The summed E-state index contributed by atoms with van der Waals surface area (Å²) in [6, 6.07) is 6.41. The lowest BCUT2D eigenvalue weighted by Gasteiger charge is -2.37. The molecule has 1 aromatic carbocycles. The molecule has 0 aromatic heterocycles. The van der Waals surface area contributed by atoms with Crippen LogP contribution in [0.5, 0.6) is 0 Å². The number of hydrogen-bond donors (Lipinski definition) is 1. The van der Waals surface area contributed by atoms with Crippen LogP contribution in [0.3, 0.4) is 0 Å². The maximum absolute atomic E-state index is 13.4. The Balaban J connectivity index is 1.93. The number of hydrazine groups is 1. The molecule has 1 aliphatic rings. The van der Waals surface area contributed by atoms with Crippen molar-refractivity contribution in [2.45, 2.75) is 70.6 Å². The van der Waals surface area contributed by atoms with Gasteiger partial charge in [0.15, 0.2) is 0 Å². The number of hydrogen-bond acceptors (Lipinski definition) is 2. The normalized spacial score (nSPS) is 19.3. The number of nitrogens with zero attached hydrogens (tertiary/aromatic N) is 1. The van der Waals surface area contributed by atoms with E-state index in [4.69, 9.17) is 0 Å². The molecule has 134 valence electrons. The molecule has 6 heteroatoms. The summed E-state index contributed by atoms with van der Waals surface area (Å²) in [6.07, 6.45) is -2.38. The monoisotopic (exact) mass is 342 g/mol. The van der Waals surface area contributed by atoms with Crippen LogP contribution < -0.4 is 5.43 Å². The first-order chi connectivity index (χ1) is 11.1. The minimum absolute atomic E-state index is 0.0148. The highest BCUT2D eigenvalue weighted by molar-refractivity contribution is 5.78. The molecule has 0 bridgehead atoms. The van der Waals surface area contributed by atoms with Gasteiger partial charge < -0.3 is 0 Å². The lowest BCUT2D eigenvalue weighted by molar-refractivity contribution is -0.202. The van der Waals surface area contributed by atoms with Crippen molar-refractivity contribution in [2.75, 3.05) is 0 Å². The van der Waals surface area contributed by atoms with Crippen LogP contribution in [0.2, 0.25) is 0 Å². The molecule has 1 saturated heterocycles. The fourth-order valence-electron chi connectivity index (χ4n) is 3.16. The lowest BCUT2D eigenvalue weighted by Crippen LogP contribution is -2.56. The zero-order valence-corrected chi connectivity index (χ0v) is 14.4. The van der Waals surface area contributed by atoms with Gasteiger partial charge in [0.05, 0.1) is 0 Å². The van der Waals surface area contributed by atoms with Crippen LogP contribution in [0.1, 0.15) is 50.7 Å². The number of benzene rings is 1. The van der Waals surface area contributed by atoms with E-state index in [1.807, 2.05) is 31.2 Å². The van der Waals surface area contributed by atoms with Crippen molar-refractivity contribution in [3.63, 3.8) is 0 Å². The fraction of sp³-hybridized carbons (Fsp3) is 0.611. The number of rotatable bonds is 6. The first kappa shape index (κ1) is 18.8. The number of unbranched alkanes of at least 4 members (excludes halogenated alkanes) is 1. The number of aryl methyl sites for hydroxylation is 2. The van der Waals surface area contributed by atoms with Gasteiger partial charge in [-0.3, -0.25) is 10.2 Å². The van der Waals surface area contributed by atoms with E-state index in [-0.39, 0.29) is 18.7 Å². The third-order valence-electron chi connectivity index (χ3n) is 4.49. The van der Waals surface area contributed by atoms with Crippen molar-refractivity contribution in [1.82, 2.24) is 10.4 Å². The lowest BCUT2D eigenvalue weighted by atomic mass is 9.97. The Kier molecular flexibility index (Phi) is 5.58. The van der Waals surface area contributed by atoms with Crippen molar-refractivity contribution in [1.29, 1.82) is 0 Å². The molecule has 24 heavy (non-hydrogen) atoms. The second-order valence-corrected chi connectivity index (χ2v) is 7.18. The molecule has 1 aliphatic heterocycles. The zero-order valence-electron chi connectivity index (χ0n) is 14.4. The van der Waals surface area contributed by atoms with Crippen LogP contribution in [-0.2, 0) is 11.2 Å². The first-order valence-corrected chi connectivity index (χ1v) is 8.31. The van der Waals surface area contributed by atoms with Gasteiger partial charge in [0.1, 0.15) is 6.04 Å². The predicted molar refractivity (Wildman–Crippen MR) is 87.3 cm³/mol. The molecule has 1 aromatic rings. The molecule has 0 radical (unpaired) electrons. The number of nitrogens with one attached hydrogen (secondary N) is 1.